The zero-order valence-electron chi connectivity index (χ0n) is 15.1. The van der Waals surface area contributed by atoms with Crippen LogP contribution in [-0.4, -0.2) is 49.9 Å². The van der Waals surface area contributed by atoms with Crippen molar-refractivity contribution in [2.75, 3.05) is 13.1 Å². The van der Waals surface area contributed by atoms with Gasteiger partial charge in [-0.25, -0.2) is 4.79 Å². The third-order valence-corrected chi connectivity index (χ3v) is 5.37. The molecule has 1 aromatic carbocycles. The van der Waals surface area contributed by atoms with Crippen molar-refractivity contribution in [3.8, 4) is 0 Å². The molecule has 0 saturated carbocycles. The molecular weight excluding hydrogens is 354 g/mol. The first-order valence-electron chi connectivity index (χ1n) is 9.08. The molecule has 8 heteroatoms. The summed E-state index contributed by atoms with van der Waals surface area (Å²) >= 11 is 0. The van der Waals surface area contributed by atoms with Gasteiger partial charge in [-0.2, -0.15) is 13.9 Å². The number of amides is 1. The third-order valence-electron chi connectivity index (χ3n) is 5.37. The Morgan fingerprint density at radius 2 is 2.04 bits per heavy atom. The fourth-order valence-corrected chi connectivity index (χ4v) is 4.07. The van der Waals surface area contributed by atoms with E-state index in [0.717, 1.165) is 5.56 Å². The Morgan fingerprint density at radius 3 is 2.74 bits per heavy atom. The number of nitrogens with zero attached hydrogens (tertiary/aromatic N) is 4. The zero-order chi connectivity index (χ0) is 19.2. The molecule has 0 unspecified atom stereocenters. The van der Waals surface area contributed by atoms with Crippen LogP contribution in [0.5, 0.6) is 0 Å². The number of hydrogen-bond donors (Lipinski definition) is 1. The van der Waals surface area contributed by atoms with Crippen LogP contribution in [0.4, 0.5) is 13.6 Å². The summed E-state index contributed by atoms with van der Waals surface area (Å²) < 4.78 is 31.8. The average molecular weight is 376 g/mol. The highest BCUT2D eigenvalue weighted by molar-refractivity contribution is 5.66. The van der Waals surface area contributed by atoms with Crippen molar-refractivity contribution in [2.45, 2.75) is 44.9 Å². The van der Waals surface area contributed by atoms with E-state index in [1.54, 1.807) is 11.8 Å². The molecule has 144 valence electrons. The normalized spacial score (nSPS) is 22.0. The lowest BCUT2D eigenvalue weighted by atomic mass is 9.98. The van der Waals surface area contributed by atoms with E-state index in [2.05, 4.69) is 5.10 Å². The van der Waals surface area contributed by atoms with E-state index >= 15 is 8.78 Å². The Hall–Kier alpha value is -2.48. The highest BCUT2D eigenvalue weighted by atomic mass is 19.3. The van der Waals surface area contributed by atoms with Crippen molar-refractivity contribution in [2.24, 2.45) is 0 Å². The Bertz CT molecular complexity index is 853. The van der Waals surface area contributed by atoms with Crippen LogP contribution in [0.25, 0.3) is 0 Å². The van der Waals surface area contributed by atoms with Gasteiger partial charge in [0.25, 0.3) is 0 Å². The summed E-state index contributed by atoms with van der Waals surface area (Å²) in [6, 6.07) is 9.28. The van der Waals surface area contributed by atoms with Crippen molar-refractivity contribution < 1.29 is 18.7 Å². The van der Waals surface area contributed by atoms with Gasteiger partial charge in [-0.3, -0.25) is 9.58 Å². The summed E-state index contributed by atoms with van der Waals surface area (Å²) in [6.45, 7) is 2.63. The standard InChI is InChI=1S/C19H22F2N4O2/c1-13-9-16-15(11-24(13)18(26)27)17-19(20,21)12-23(7-8-25(17)22-16)10-14-5-3-2-4-6-14/h2-6,13H,7-12H2,1H3,(H,26,27)/t13-/m1/s1. The maximum atomic E-state index is 15.2. The van der Waals surface area contributed by atoms with Gasteiger partial charge in [0.15, 0.2) is 0 Å². The van der Waals surface area contributed by atoms with Crippen molar-refractivity contribution in [1.82, 2.24) is 19.6 Å². The Balaban J connectivity index is 1.63. The number of hydrogen-bond acceptors (Lipinski definition) is 3. The molecule has 2 aliphatic rings. The summed E-state index contributed by atoms with van der Waals surface area (Å²) in [6.07, 6.45) is -0.721. The fourth-order valence-electron chi connectivity index (χ4n) is 4.07. The molecule has 0 saturated heterocycles. The molecular formula is C19H22F2N4O2. The van der Waals surface area contributed by atoms with Gasteiger partial charge in [0.05, 0.1) is 25.3 Å². The quantitative estimate of drug-likeness (QED) is 0.876. The monoisotopic (exact) mass is 376 g/mol. The Labute approximate surface area is 156 Å². The van der Waals surface area contributed by atoms with Crippen LogP contribution in [0, 0.1) is 0 Å². The molecule has 1 aromatic heterocycles. The molecule has 0 bridgehead atoms. The number of alkyl halides is 2. The average Bonchev–Trinajstić information content (AvgIpc) is 2.91. The van der Waals surface area contributed by atoms with Crippen LogP contribution < -0.4 is 0 Å². The van der Waals surface area contributed by atoms with Gasteiger partial charge in [0.1, 0.15) is 5.69 Å². The van der Waals surface area contributed by atoms with Crippen LogP contribution in [0.15, 0.2) is 30.3 Å². The van der Waals surface area contributed by atoms with Gasteiger partial charge in [0, 0.05) is 31.1 Å². The lowest BCUT2D eigenvalue weighted by molar-refractivity contribution is -0.0395. The largest absolute Gasteiger partial charge is 0.465 e. The molecule has 1 atom stereocenters. The second-order valence-corrected chi connectivity index (χ2v) is 7.36. The van der Waals surface area contributed by atoms with Crippen LogP contribution in [0.2, 0.25) is 0 Å². The predicted octanol–water partition coefficient (Wildman–Crippen LogP) is 2.92. The van der Waals surface area contributed by atoms with E-state index in [1.807, 2.05) is 30.3 Å². The van der Waals surface area contributed by atoms with Gasteiger partial charge >= 0.3 is 12.0 Å². The molecule has 2 aliphatic heterocycles. The number of benzene rings is 1. The van der Waals surface area contributed by atoms with Crippen LogP contribution >= 0.6 is 0 Å². The second kappa shape index (κ2) is 6.60. The highest BCUT2D eigenvalue weighted by Gasteiger charge is 2.45. The van der Waals surface area contributed by atoms with E-state index in [-0.39, 0.29) is 18.3 Å². The Morgan fingerprint density at radius 1 is 1.30 bits per heavy atom. The minimum atomic E-state index is -3.09. The minimum absolute atomic E-state index is 0.0323. The first kappa shape index (κ1) is 17.9. The van der Waals surface area contributed by atoms with Crippen LogP contribution in [0.3, 0.4) is 0 Å². The summed E-state index contributed by atoms with van der Waals surface area (Å²) in [5.41, 5.74) is 1.85. The van der Waals surface area contributed by atoms with Gasteiger partial charge < -0.3 is 10.0 Å². The number of carboxylic acid groups (broad SMARTS) is 1. The molecule has 4 rings (SSSR count). The molecule has 1 N–H and O–H groups in total. The number of halogens is 2. The van der Waals surface area contributed by atoms with E-state index in [4.69, 9.17) is 0 Å². The number of aromatic nitrogens is 2. The summed E-state index contributed by atoms with van der Waals surface area (Å²) in [7, 11) is 0. The molecule has 0 radical (unpaired) electrons. The van der Waals surface area contributed by atoms with Crippen LogP contribution in [-0.2, 0) is 32.0 Å². The SMILES string of the molecule is C[C@@H]1Cc2nn3c(c2CN1C(=O)O)C(F)(F)CN(Cc1ccccc1)CC3. The maximum Gasteiger partial charge on any atom is 0.407 e. The molecule has 27 heavy (non-hydrogen) atoms. The van der Waals surface area contributed by atoms with Crippen molar-refractivity contribution in [1.29, 1.82) is 0 Å². The first-order valence-corrected chi connectivity index (χ1v) is 9.08. The van der Waals surface area contributed by atoms with E-state index in [9.17, 15) is 9.90 Å². The first-order chi connectivity index (χ1) is 12.8. The molecule has 2 aromatic rings. The van der Waals surface area contributed by atoms with E-state index in [1.165, 1.54) is 9.58 Å². The zero-order valence-corrected chi connectivity index (χ0v) is 15.1. The Kier molecular flexibility index (Phi) is 4.38. The molecule has 0 fully saturated rings. The third kappa shape index (κ3) is 3.29. The smallest absolute Gasteiger partial charge is 0.407 e. The van der Waals surface area contributed by atoms with Gasteiger partial charge in [0.2, 0.25) is 0 Å². The van der Waals surface area contributed by atoms with E-state index in [0.29, 0.717) is 37.3 Å². The van der Waals surface area contributed by atoms with Crippen molar-refractivity contribution in [3.63, 3.8) is 0 Å². The molecule has 0 aliphatic carbocycles. The van der Waals surface area contributed by atoms with Crippen LogP contribution in [0.1, 0.15) is 29.4 Å². The topological polar surface area (TPSA) is 61.6 Å². The molecule has 0 spiro atoms. The molecule has 3 heterocycles. The number of carbonyl (C=O) groups is 1. The molecule has 6 nitrogen and oxygen atoms in total. The second-order valence-electron chi connectivity index (χ2n) is 7.36. The summed E-state index contributed by atoms with van der Waals surface area (Å²) in [5.74, 6) is -3.09. The van der Waals surface area contributed by atoms with E-state index < -0.39 is 18.6 Å². The number of rotatable bonds is 2. The predicted molar refractivity (Wildman–Crippen MR) is 94.6 cm³/mol. The maximum absolute atomic E-state index is 15.2. The van der Waals surface area contributed by atoms with Gasteiger partial charge in [-0.05, 0) is 12.5 Å². The molecule has 1 amide bonds. The van der Waals surface area contributed by atoms with Crippen molar-refractivity contribution in [3.05, 3.63) is 52.8 Å². The summed E-state index contributed by atoms with van der Waals surface area (Å²) in [5, 5.41) is 13.8. The number of fused-ring (bicyclic) bond motifs is 3. The van der Waals surface area contributed by atoms with Crippen molar-refractivity contribution >= 4 is 6.09 Å². The fraction of sp³-hybridized carbons (Fsp3) is 0.474. The van der Waals surface area contributed by atoms with Gasteiger partial charge in [-0.1, -0.05) is 30.3 Å². The minimum Gasteiger partial charge on any atom is -0.465 e. The lowest BCUT2D eigenvalue weighted by Crippen LogP contribution is -2.42. The van der Waals surface area contributed by atoms with Gasteiger partial charge in [-0.15, -0.1) is 0 Å². The highest BCUT2D eigenvalue weighted by Crippen LogP contribution is 2.38. The lowest BCUT2D eigenvalue weighted by Gasteiger charge is -2.31. The summed E-state index contributed by atoms with van der Waals surface area (Å²) in [4.78, 5) is 14.4.